The topological polar surface area (TPSA) is 40.5 Å². The van der Waals surface area contributed by atoms with Crippen LogP contribution in [-0.2, 0) is 0 Å². The molecule has 2 fully saturated rings. The molecule has 0 aromatic heterocycles. The molecular weight excluding hydrogens is 262 g/mol. The lowest BCUT2D eigenvalue weighted by Crippen LogP contribution is -2.39. The number of likely N-dealkylation sites (tertiary alicyclic amines) is 1. The van der Waals surface area contributed by atoms with Crippen LogP contribution in [0.3, 0.4) is 0 Å². The number of benzene rings is 1. The molecule has 1 saturated carbocycles. The van der Waals surface area contributed by atoms with Gasteiger partial charge >= 0.3 is 0 Å². The second-order valence-corrected chi connectivity index (χ2v) is 5.94. The van der Waals surface area contributed by atoms with Crippen molar-refractivity contribution < 1.29 is 9.90 Å². The van der Waals surface area contributed by atoms with E-state index in [1.807, 2.05) is 24.3 Å². The van der Waals surface area contributed by atoms with Crippen LogP contribution < -0.4 is 0 Å². The Hall–Kier alpha value is -1.79. The maximum Gasteiger partial charge on any atom is 0.254 e. The van der Waals surface area contributed by atoms with Crippen molar-refractivity contribution in [2.24, 2.45) is 5.92 Å². The first-order valence-electron chi connectivity index (χ1n) is 7.80. The monoisotopic (exact) mass is 283 g/mol. The highest BCUT2D eigenvalue weighted by Crippen LogP contribution is 2.36. The molecule has 3 rings (SSSR count). The van der Waals surface area contributed by atoms with Gasteiger partial charge in [-0.05, 0) is 49.4 Å². The van der Waals surface area contributed by atoms with Crippen molar-refractivity contribution in [2.45, 2.75) is 38.1 Å². The number of aliphatic hydroxyl groups is 1. The summed E-state index contributed by atoms with van der Waals surface area (Å²) in [6.07, 6.45) is 6.18. The molecule has 1 N–H and O–H groups in total. The fourth-order valence-electron chi connectivity index (χ4n) is 3.66. The Morgan fingerprint density at radius 3 is 2.71 bits per heavy atom. The third-order valence-electron chi connectivity index (χ3n) is 4.71. The first-order chi connectivity index (χ1) is 10.3. The molecule has 0 radical (unpaired) electrons. The zero-order chi connectivity index (χ0) is 14.7. The van der Waals surface area contributed by atoms with Gasteiger partial charge in [0.1, 0.15) is 6.61 Å². The summed E-state index contributed by atoms with van der Waals surface area (Å²) < 4.78 is 0. The summed E-state index contributed by atoms with van der Waals surface area (Å²) in [4.78, 5) is 14.8. The second kappa shape index (κ2) is 6.32. The largest absolute Gasteiger partial charge is 0.384 e. The molecular formula is C18H21NO2. The van der Waals surface area contributed by atoms with Crippen molar-refractivity contribution in [1.82, 2.24) is 4.90 Å². The van der Waals surface area contributed by atoms with Crippen molar-refractivity contribution >= 4 is 5.91 Å². The zero-order valence-electron chi connectivity index (χ0n) is 12.2. The first-order valence-corrected chi connectivity index (χ1v) is 7.80. The van der Waals surface area contributed by atoms with E-state index < -0.39 is 0 Å². The molecule has 1 heterocycles. The Bertz CT molecular complexity index is 567. The Kier molecular flexibility index (Phi) is 4.26. The average molecular weight is 283 g/mol. The van der Waals surface area contributed by atoms with Gasteiger partial charge in [0.25, 0.3) is 5.91 Å². The smallest absolute Gasteiger partial charge is 0.254 e. The molecule has 0 spiro atoms. The number of hydrogen-bond donors (Lipinski definition) is 1. The normalized spacial score (nSPS) is 24.1. The summed E-state index contributed by atoms with van der Waals surface area (Å²) in [5, 5.41) is 8.69. The van der Waals surface area contributed by atoms with E-state index in [-0.39, 0.29) is 12.5 Å². The van der Waals surface area contributed by atoms with E-state index in [4.69, 9.17) is 5.11 Å². The molecule has 2 unspecified atom stereocenters. The number of aliphatic hydroxyl groups excluding tert-OH is 1. The molecule has 2 aliphatic rings. The lowest BCUT2D eigenvalue weighted by molar-refractivity contribution is 0.0690. The summed E-state index contributed by atoms with van der Waals surface area (Å²) >= 11 is 0. The van der Waals surface area contributed by atoms with Crippen LogP contribution in [0.5, 0.6) is 0 Å². The van der Waals surface area contributed by atoms with Crippen LogP contribution in [0.4, 0.5) is 0 Å². The molecule has 0 bridgehead atoms. The van der Waals surface area contributed by atoms with Crippen LogP contribution in [0.15, 0.2) is 24.3 Å². The van der Waals surface area contributed by atoms with E-state index in [9.17, 15) is 4.79 Å². The zero-order valence-corrected chi connectivity index (χ0v) is 12.2. The highest BCUT2D eigenvalue weighted by Gasteiger charge is 2.38. The van der Waals surface area contributed by atoms with Crippen LogP contribution in [0.25, 0.3) is 0 Å². The Morgan fingerprint density at radius 2 is 1.95 bits per heavy atom. The van der Waals surface area contributed by atoms with Gasteiger partial charge in [-0.3, -0.25) is 4.79 Å². The lowest BCUT2D eigenvalue weighted by atomic mass is 9.85. The first kappa shape index (κ1) is 14.2. The van der Waals surface area contributed by atoms with E-state index >= 15 is 0 Å². The fourth-order valence-corrected chi connectivity index (χ4v) is 3.66. The minimum atomic E-state index is -0.141. The molecule has 21 heavy (non-hydrogen) atoms. The highest BCUT2D eigenvalue weighted by molar-refractivity contribution is 5.94. The van der Waals surface area contributed by atoms with Crippen molar-refractivity contribution in [2.75, 3.05) is 13.2 Å². The van der Waals surface area contributed by atoms with Gasteiger partial charge in [-0.25, -0.2) is 0 Å². The average Bonchev–Trinajstić information content (AvgIpc) is 2.97. The van der Waals surface area contributed by atoms with Gasteiger partial charge in [0.2, 0.25) is 0 Å². The van der Waals surface area contributed by atoms with Crippen molar-refractivity contribution in [1.29, 1.82) is 0 Å². The Balaban J connectivity index is 1.73. The third kappa shape index (κ3) is 2.96. The van der Waals surface area contributed by atoms with Gasteiger partial charge in [0.15, 0.2) is 0 Å². The Labute approximate surface area is 126 Å². The number of fused-ring (bicyclic) bond motifs is 1. The predicted molar refractivity (Wildman–Crippen MR) is 81.8 cm³/mol. The molecule has 3 nitrogen and oxygen atoms in total. The van der Waals surface area contributed by atoms with Gasteiger partial charge in [-0.2, -0.15) is 0 Å². The molecule has 3 heteroatoms. The van der Waals surface area contributed by atoms with E-state index in [2.05, 4.69) is 16.7 Å². The molecule has 110 valence electrons. The predicted octanol–water partition coefficient (Wildman–Crippen LogP) is 2.44. The standard InChI is InChI=1S/C18H21NO2/c20-13-3-4-14-7-9-16(10-8-14)18(21)19-12-11-15-5-1-2-6-17(15)19/h7-10,15,17,20H,1-2,5-6,11-13H2. The lowest BCUT2D eigenvalue weighted by Gasteiger charge is -2.31. The summed E-state index contributed by atoms with van der Waals surface area (Å²) in [6, 6.07) is 7.86. The van der Waals surface area contributed by atoms with Crippen LogP contribution >= 0.6 is 0 Å². The number of rotatable bonds is 1. The van der Waals surface area contributed by atoms with Gasteiger partial charge in [-0.1, -0.05) is 24.7 Å². The summed E-state index contributed by atoms with van der Waals surface area (Å²) in [5.41, 5.74) is 1.58. The third-order valence-corrected chi connectivity index (χ3v) is 4.71. The van der Waals surface area contributed by atoms with Crippen LogP contribution in [0.2, 0.25) is 0 Å². The summed E-state index contributed by atoms with van der Waals surface area (Å²) in [6.45, 7) is 0.762. The van der Waals surface area contributed by atoms with Gasteiger partial charge in [0, 0.05) is 23.7 Å². The van der Waals surface area contributed by atoms with E-state index in [1.165, 1.54) is 19.3 Å². The van der Waals surface area contributed by atoms with Gasteiger partial charge in [-0.15, -0.1) is 0 Å². The Morgan fingerprint density at radius 1 is 1.19 bits per heavy atom. The molecule has 1 amide bonds. The maximum atomic E-state index is 12.7. The van der Waals surface area contributed by atoms with Crippen molar-refractivity contribution in [3.63, 3.8) is 0 Å². The summed E-state index contributed by atoms with van der Waals surface area (Å²) in [7, 11) is 0. The molecule has 1 aliphatic heterocycles. The van der Waals surface area contributed by atoms with Crippen LogP contribution in [0.1, 0.15) is 48.0 Å². The van der Waals surface area contributed by atoms with E-state index in [1.54, 1.807) is 0 Å². The fraction of sp³-hybridized carbons (Fsp3) is 0.500. The molecule has 1 saturated heterocycles. The minimum absolute atomic E-state index is 0.141. The number of carbonyl (C=O) groups excluding carboxylic acids is 1. The molecule has 1 aromatic rings. The SMILES string of the molecule is O=C(c1ccc(C#CCO)cc1)N1CCC2CCCCC21. The van der Waals surface area contributed by atoms with Crippen molar-refractivity contribution in [3.8, 4) is 11.8 Å². The van der Waals surface area contributed by atoms with E-state index in [0.717, 1.165) is 36.4 Å². The number of amides is 1. The van der Waals surface area contributed by atoms with Crippen molar-refractivity contribution in [3.05, 3.63) is 35.4 Å². The van der Waals surface area contributed by atoms with E-state index in [0.29, 0.717) is 6.04 Å². The minimum Gasteiger partial charge on any atom is -0.384 e. The molecule has 2 atom stereocenters. The van der Waals surface area contributed by atoms with Gasteiger partial charge < -0.3 is 10.0 Å². The summed E-state index contributed by atoms with van der Waals surface area (Å²) in [5.74, 6) is 6.34. The second-order valence-electron chi connectivity index (χ2n) is 5.94. The van der Waals surface area contributed by atoms with Gasteiger partial charge in [0.05, 0.1) is 0 Å². The maximum absolute atomic E-state index is 12.7. The number of nitrogens with zero attached hydrogens (tertiary/aromatic N) is 1. The van der Waals surface area contributed by atoms with Crippen LogP contribution in [0, 0.1) is 17.8 Å². The number of carbonyl (C=O) groups is 1. The highest BCUT2D eigenvalue weighted by atomic mass is 16.2. The van der Waals surface area contributed by atoms with Crippen LogP contribution in [-0.4, -0.2) is 35.1 Å². The molecule has 1 aromatic carbocycles. The molecule has 1 aliphatic carbocycles. The number of hydrogen-bond acceptors (Lipinski definition) is 2. The quantitative estimate of drug-likeness (QED) is 0.804.